The predicted molar refractivity (Wildman–Crippen MR) is 58.9 cm³/mol. The number of allylic oxidation sites excluding steroid dienone is 1. The maximum Gasteiger partial charge on any atom is 0.0957 e. The molecule has 0 aromatic carbocycles. The highest BCUT2D eigenvalue weighted by molar-refractivity contribution is 5.46. The number of hydrogen-bond acceptors (Lipinski definition) is 1. The van der Waals surface area contributed by atoms with E-state index in [9.17, 15) is 0 Å². The lowest BCUT2D eigenvalue weighted by atomic mass is 10.3. The van der Waals surface area contributed by atoms with E-state index in [0.717, 1.165) is 23.5 Å². The Balaban J connectivity index is 3.09. The summed E-state index contributed by atoms with van der Waals surface area (Å²) in [6.07, 6.45) is 3.64. The predicted octanol–water partition coefficient (Wildman–Crippen LogP) is 2.72. The lowest BCUT2D eigenvalue weighted by Gasteiger charge is -2.03. The molecule has 0 aliphatic carbocycles. The molecule has 0 unspecified atom stereocenters. The molecule has 0 saturated carbocycles. The smallest absolute Gasteiger partial charge is 0.0957 e. The van der Waals surface area contributed by atoms with E-state index in [1.807, 2.05) is 24.5 Å². The summed E-state index contributed by atoms with van der Waals surface area (Å²) in [6.45, 7) is 11.9. The lowest BCUT2D eigenvalue weighted by Crippen LogP contribution is -1.99. The first-order chi connectivity index (χ1) is 6.69. The van der Waals surface area contributed by atoms with Crippen LogP contribution >= 0.6 is 0 Å². The van der Waals surface area contributed by atoms with Gasteiger partial charge in [0.1, 0.15) is 0 Å². The molecule has 2 nitrogen and oxygen atoms in total. The second-order valence-electron chi connectivity index (χ2n) is 3.15. The highest BCUT2D eigenvalue weighted by Gasteiger charge is 2.03. The summed E-state index contributed by atoms with van der Waals surface area (Å²) in [5.41, 5.74) is 8.73. The number of rotatable bonds is 3. The monoisotopic (exact) mass is 186 g/mol. The summed E-state index contributed by atoms with van der Waals surface area (Å²) in [7, 11) is 0. The maximum atomic E-state index is 4.22. The maximum absolute atomic E-state index is 4.22. The van der Waals surface area contributed by atoms with Crippen LogP contribution in [-0.4, -0.2) is 9.55 Å². The van der Waals surface area contributed by atoms with E-state index in [0.29, 0.717) is 0 Å². The van der Waals surface area contributed by atoms with Crippen LogP contribution in [0.3, 0.4) is 0 Å². The fraction of sp³-hybridized carbons (Fsp3) is 0.250. The summed E-state index contributed by atoms with van der Waals surface area (Å²) in [5, 5.41) is 0. The first-order valence-electron chi connectivity index (χ1n) is 4.42. The molecule has 0 N–H and O–H groups in total. The standard InChI is InChI=1S/C12H14N2/c1-5-7-12-11(4)13-9-14(12)8-10(3)6-2/h7,9H,1-2,8H2,3-4H3. The molecule has 2 heteroatoms. The topological polar surface area (TPSA) is 17.8 Å². The van der Waals surface area contributed by atoms with Crippen molar-refractivity contribution in [3.05, 3.63) is 47.9 Å². The van der Waals surface area contributed by atoms with E-state index in [-0.39, 0.29) is 0 Å². The van der Waals surface area contributed by atoms with Crippen LogP contribution in [0.2, 0.25) is 0 Å². The Morgan fingerprint density at radius 2 is 2.36 bits per heavy atom. The van der Waals surface area contributed by atoms with Crippen molar-refractivity contribution < 1.29 is 0 Å². The van der Waals surface area contributed by atoms with E-state index in [1.54, 1.807) is 6.33 Å². The highest BCUT2D eigenvalue weighted by Crippen LogP contribution is 2.09. The van der Waals surface area contributed by atoms with E-state index in [1.165, 1.54) is 0 Å². The molecule has 1 aromatic rings. The molecule has 0 atom stereocenters. The Hall–Kier alpha value is -1.75. The van der Waals surface area contributed by atoms with Crippen LogP contribution in [0, 0.1) is 6.92 Å². The number of imidazole rings is 1. The minimum atomic E-state index is 0.762. The first-order valence-corrected chi connectivity index (χ1v) is 4.42. The molecule has 0 radical (unpaired) electrons. The van der Waals surface area contributed by atoms with Gasteiger partial charge < -0.3 is 4.57 Å². The van der Waals surface area contributed by atoms with Crippen LogP contribution in [0.25, 0.3) is 6.08 Å². The molecular weight excluding hydrogens is 172 g/mol. The second kappa shape index (κ2) is 4.48. The number of nitrogens with zero attached hydrogens (tertiary/aromatic N) is 2. The van der Waals surface area contributed by atoms with E-state index >= 15 is 0 Å². The second-order valence-corrected chi connectivity index (χ2v) is 3.15. The highest BCUT2D eigenvalue weighted by atomic mass is 15.0. The van der Waals surface area contributed by atoms with Gasteiger partial charge in [-0.1, -0.05) is 13.2 Å². The van der Waals surface area contributed by atoms with E-state index < -0.39 is 0 Å². The normalized spacial score (nSPS) is 9.00. The van der Waals surface area contributed by atoms with Gasteiger partial charge in [-0.3, -0.25) is 0 Å². The Kier molecular flexibility index (Phi) is 3.30. The zero-order valence-electron chi connectivity index (χ0n) is 8.67. The molecule has 1 heterocycles. The van der Waals surface area contributed by atoms with Crippen molar-refractivity contribution in [2.45, 2.75) is 20.4 Å². The molecule has 0 saturated heterocycles. The zero-order valence-corrected chi connectivity index (χ0v) is 8.67. The van der Waals surface area contributed by atoms with Crippen molar-refractivity contribution in [3.63, 3.8) is 0 Å². The van der Waals surface area contributed by atoms with Gasteiger partial charge in [-0.05, 0) is 19.4 Å². The minimum absolute atomic E-state index is 0.762. The van der Waals surface area contributed by atoms with Gasteiger partial charge in [-0.15, -0.1) is 11.5 Å². The van der Waals surface area contributed by atoms with Crippen molar-refractivity contribution in [1.82, 2.24) is 9.55 Å². The SMILES string of the molecule is C=C=Cc1c(C)ncn1CC(C)=C=C. The van der Waals surface area contributed by atoms with Crippen molar-refractivity contribution in [2.24, 2.45) is 0 Å². The summed E-state index contributed by atoms with van der Waals surface area (Å²) >= 11 is 0. The van der Waals surface area contributed by atoms with Gasteiger partial charge in [0.25, 0.3) is 0 Å². The molecule has 1 aromatic heterocycles. The van der Waals surface area contributed by atoms with Crippen LogP contribution < -0.4 is 0 Å². The van der Waals surface area contributed by atoms with Crippen LogP contribution in [-0.2, 0) is 6.54 Å². The van der Waals surface area contributed by atoms with Crippen LogP contribution in [0.4, 0.5) is 0 Å². The Morgan fingerprint density at radius 1 is 1.64 bits per heavy atom. The molecular formula is C12H14N2. The van der Waals surface area contributed by atoms with Crippen molar-refractivity contribution >= 4 is 6.08 Å². The van der Waals surface area contributed by atoms with E-state index in [4.69, 9.17) is 0 Å². The van der Waals surface area contributed by atoms with Gasteiger partial charge in [0, 0.05) is 6.08 Å². The summed E-state index contributed by atoms with van der Waals surface area (Å²) < 4.78 is 2.03. The van der Waals surface area contributed by atoms with Gasteiger partial charge in [0.05, 0.1) is 24.3 Å². The van der Waals surface area contributed by atoms with E-state index in [2.05, 4.69) is 29.6 Å². The molecule has 14 heavy (non-hydrogen) atoms. The zero-order chi connectivity index (χ0) is 10.6. The van der Waals surface area contributed by atoms with Crippen molar-refractivity contribution in [3.8, 4) is 0 Å². The molecule has 0 aliphatic rings. The van der Waals surface area contributed by atoms with Gasteiger partial charge >= 0.3 is 0 Å². The van der Waals surface area contributed by atoms with Gasteiger partial charge in [-0.2, -0.15) is 0 Å². The molecule has 1 rings (SSSR count). The Bertz CT molecular complexity index is 425. The average Bonchev–Trinajstić information content (AvgIpc) is 2.50. The van der Waals surface area contributed by atoms with Gasteiger partial charge in [-0.25, -0.2) is 4.98 Å². The van der Waals surface area contributed by atoms with Crippen LogP contribution in [0.5, 0.6) is 0 Å². The largest absolute Gasteiger partial charge is 0.326 e. The third-order valence-corrected chi connectivity index (χ3v) is 2.02. The fourth-order valence-electron chi connectivity index (χ4n) is 1.21. The quantitative estimate of drug-likeness (QED) is 0.664. The molecule has 0 amide bonds. The van der Waals surface area contributed by atoms with Crippen molar-refractivity contribution in [1.29, 1.82) is 0 Å². The molecule has 0 aliphatic heterocycles. The minimum Gasteiger partial charge on any atom is -0.326 e. The number of aryl methyl sites for hydroxylation is 1. The Labute approximate surface area is 84.6 Å². The van der Waals surface area contributed by atoms with Crippen molar-refractivity contribution in [2.75, 3.05) is 0 Å². The third-order valence-electron chi connectivity index (χ3n) is 2.02. The van der Waals surface area contributed by atoms with Gasteiger partial charge in [0.2, 0.25) is 0 Å². The first kappa shape index (κ1) is 10.3. The number of hydrogen-bond donors (Lipinski definition) is 0. The summed E-state index contributed by atoms with van der Waals surface area (Å²) in [5.74, 6) is 0. The summed E-state index contributed by atoms with van der Waals surface area (Å²) in [4.78, 5) is 4.22. The number of aromatic nitrogens is 2. The summed E-state index contributed by atoms with van der Waals surface area (Å²) in [6, 6.07) is 0. The molecule has 72 valence electrons. The lowest BCUT2D eigenvalue weighted by molar-refractivity contribution is 0.776. The Morgan fingerprint density at radius 3 is 2.93 bits per heavy atom. The molecule has 0 spiro atoms. The molecule has 0 fully saturated rings. The van der Waals surface area contributed by atoms with Gasteiger partial charge in [0.15, 0.2) is 0 Å². The van der Waals surface area contributed by atoms with Crippen LogP contribution in [0.1, 0.15) is 18.3 Å². The van der Waals surface area contributed by atoms with Crippen LogP contribution in [0.15, 0.2) is 36.5 Å². The molecule has 0 bridgehead atoms. The average molecular weight is 186 g/mol. The fourth-order valence-corrected chi connectivity index (χ4v) is 1.21. The third kappa shape index (κ3) is 2.14.